The van der Waals surface area contributed by atoms with E-state index in [1.54, 1.807) is 0 Å². The molecule has 10 heteroatoms. The zero-order chi connectivity index (χ0) is 17.6. The van der Waals surface area contributed by atoms with E-state index in [0.29, 0.717) is 16.5 Å². The highest BCUT2D eigenvalue weighted by Crippen LogP contribution is 2.25. The Morgan fingerprint density at radius 1 is 1.13 bits per heavy atom. The lowest BCUT2D eigenvalue weighted by molar-refractivity contribution is -0.140. The Hall–Kier alpha value is -2.07. The van der Waals surface area contributed by atoms with Gasteiger partial charge >= 0.3 is 5.97 Å². The largest absolute Gasteiger partial charge is 0.480 e. The maximum Gasteiger partial charge on any atom is 0.327 e. The van der Waals surface area contributed by atoms with Crippen molar-refractivity contribution in [2.24, 2.45) is 0 Å². The van der Waals surface area contributed by atoms with Crippen LogP contribution in [-0.4, -0.2) is 43.1 Å². The molecule has 126 valence electrons. The number of carbonyl (C=O) groups excluding carboxylic acids is 2. The first-order chi connectivity index (χ1) is 10.6. The zero-order valence-electron chi connectivity index (χ0n) is 12.4. The summed E-state index contributed by atoms with van der Waals surface area (Å²) in [5.41, 5.74) is 0.447. The average Bonchev–Trinajstić information content (AvgIpc) is 2.42. The first kappa shape index (κ1) is 19.0. The number of amides is 2. The summed E-state index contributed by atoms with van der Waals surface area (Å²) in [6, 6.07) is 4.17. The Labute approximate surface area is 137 Å². The zero-order valence-corrected chi connectivity index (χ0v) is 14.0. The van der Waals surface area contributed by atoms with Crippen molar-refractivity contribution in [1.82, 2.24) is 5.32 Å². The van der Waals surface area contributed by atoms with E-state index in [4.69, 9.17) is 5.11 Å². The minimum absolute atomic E-state index is 0.0245. The number of nitrogens with one attached hydrogen (secondary N) is 2. The third-order valence-electron chi connectivity index (χ3n) is 2.53. The maximum atomic E-state index is 12.1. The van der Waals surface area contributed by atoms with E-state index in [1.165, 1.54) is 31.2 Å². The highest BCUT2D eigenvalue weighted by molar-refractivity contribution is 8.72. The Bertz CT molecular complexity index is 700. The van der Waals surface area contributed by atoms with Crippen molar-refractivity contribution in [2.45, 2.75) is 24.8 Å². The van der Waals surface area contributed by atoms with Crippen LogP contribution in [0.4, 0.5) is 5.69 Å². The molecule has 0 saturated carbocycles. The molecule has 3 N–H and O–H groups in total. The van der Waals surface area contributed by atoms with Gasteiger partial charge in [0.05, 0.1) is 4.90 Å². The van der Waals surface area contributed by atoms with E-state index in [1.807, 2.05) is 0 Å². The summed E-state index contributed by atoms with van der Waals surface area (Å²) in [4.78, 5) is 32.8. The molecule has 0 radical (unpaired) electrons. The molecule has 0 aromatic heterocycles. The second kappa shape index (κ2) is 7.97. The van der Waals surface area contributed by atoms with Crippen molar-refractivity contribution in [3.05, 3.63) is 24.3 Å². The van der Waals surface area contributed by atoms with Gasteiger partial charge in [0.2, 0.25) is 20.7 Å². The van der Waals surface area contributed by atoms with Crippen LogP contribution in [0.3, 0.4) is 0 Å². The predicted molar refractivity (Wildman–Crippen MR) is 85.6 cm³/mol. The van der Waals surface area contributed by atoms with Crippen LogP contribution in [0.15, 0.2) is 29.2 Å². The Morgan fingerprint density at radius 3 is 2.13 bits per heavy atom. The Morgan fingerprint density at radius 2 is 1.70 bits per heavy atom. The van der Waals surface area contributed by atoms with Crippen LogP contribution in [0.1, 0.15) is 13.8 Å². The monoisotopic (exact) mass is 360 g/mol. The molecule has 0 aliphatic rings. The molecule has 0 spiro atoms. The number of anilines is 1. The number of carboxylic acid groups (broad SMARTS) is 1. The van der Waals surface area contributed by atoms with E-state index >= 15 is 0 Å². The van der Waals surface area contributed by atoms with Gasteiger partial charge < -0.3 is 15.7 Å². The van der Waals surface area contributed by atoms with Crippen LogP contribution in [0.5, 0.6) is 0 Å². The molecule has 1 aromatic carbocycles. The molecule has 1 unspecified atom stereocenters. The third-order valence-corrected chi connectivity index (χ3v) is 6.07. The smallest absolute Gasteiger partial charge is 0.327 e. The molecule has 0 bridgehead atoms. The standard InChI is InChI=1S/C13H16N2O6S2/c1-8(16)14-10-3-5-11(6-4-10)23(20,21)22-7-12(13(18)19)15-9(2)17/h3-6,12H,7H2,1-2H3,(H,14,16)(H,15,17)(H,18,19). The summed E-state index contributed by atoms with van der Waals surface area (Å²) in [5, 5.41) is 13.6. The lowest BCUT2D eigenvalue weighted by atomic mass is 10.3. The Kier molecular flexibility index (Phi) is 6.58. The average molecular weight is 360 g/mol. The second-order valence-electron chi connectivity index (χ2n) is 4.54. The fraction of sp³-hybridized carbons (Fsp3) is 0.308. The van der Waals surface area contributed by atoms with Crippen molar-refractivity contribution in [3.63, 3.8) is 0 Å². The summed E-state index contributed by atoms with van der Waals surface area (Å²) >= 11 is 0. The molecule has 0 saturated heterocycles. The first-order valence-electron chi connectivity index (χ1n) is 6.39. The van der Waals surface area contributed by atoms with Gasteiger partial charge in [-0.3, -0.25) is 9.59 Å². The maximum absolute atomic E-state index is 12.1. The minimum Gasteiger partial charge on any atom is -0.480 e. The molecule has 0 fully saturated rings. The first-order valence-corrected chi connectivity index (χ1v) is 9.37. The van der Waals surface area contributed by atoms with E-state index in [9.17, 15) is 22.8 Å². The summed E-state index contributed by atoms with van der Waals surface area (Å²) in [7, 11) is -3.36. The van der Waals surface area contributed by atoms with Crippen LogP contribution in [0, 0.1) is 0 Å². The van der Waals surface area contributed by atoms with Crippen molar-refractivity contribution in [1.29, 1.82) is 0 Å². The number of hydrogen-bond acceptors (Lipinski definition) is 6. The number of aliphatic carboxylic acids is 1. The number of rotatable bonds is 7. The normalized spacial score (nSPS) is 12.3. The molecule has 2 amide bonds. The van der Waals surface area contributed by atoms with Gasteiger partial charge in [-0.1, -0.05) is 0 Å². The molecule has 1 aromatic rings. The highest BCUT2D eigenvalue weighted by Gasteiger charge is 2.23. The van der Waals surface area contributed by atoms with Gasteiger partial charge in [-0.2, -0.15) is 0 Å². The lowest BCUT2D eigenvalue weighted by Gasteiger charge is -2.12. The van der Waals surface area contributed by atoms with Gasteiger partial charge in [0.1, 0.15) is 6.04 Å². The van der Waals surface area contributed by atoms with Gasteiger partial charge in [-0.15, -0.1) is 0 Å². The van der Waals surface area contributed by atoms with E-state index in [-0.39, 0.29) is 16.6 Å². The molecule has 8 nitrogen and oxygen atoms in total. The molecular formula is C13H16N2O6S2. The van der Waals surface area contributed by atoms with Gasteiger partial charge in [0.15, 0.2) is 0 Å². The summed E-state index contributed by atoms with van der Waals surface area (Å²) in [6.07, 6.45) is 0. The number of carbonyl (C=O) groups is 3. The topological polar surface area (TPSA) is 130 Å². The van der Waals surface area contributed by atoms with Gasteiger partial charge in [0, 0.05) is 25.3 Å². The SMILES string of the molecule is CC(=O)Nc1ccc(S(=O)(=O)SCC(NC(C)=O)C(=O)O)cc1. The molecule has 0 aliphatic carbocycles. The van der Waals surface area contributed by atoms with E-state index in [0.717, 1.165) is 6.92 Å². The lowest BCUT2D eigenvalue weighted by Crippen LogP contribution is -2.41. The van der Waals surface area contributed by atoms with Crippen LogP contribution in [-0.2, 0) is 23.3 Å². The van der Waals surface area contributed by atoms with E-state index in [2.05, 4.69) is 10.6 Å². The quantitative estimate of drug-likeness (QED) is 0.609. The van der Waals surface area contributed by atoms with Crippen molar-refractivity contribution < 1.29 is 27.9 Å². The van der Waals surface area contributed by atoms with Crippen molar-refractivity contribution in [2.75, 3.05) is 11.1 Å². The van der Waals surface area contributed by atoms with Gasteiger partial charge in [0.25, 0.3) is 0 Å². The Balaban J connectivity index is 2.80. The van der Waals surface area contributed by atoms with Crippen LogP contribution >= 0.6 is 10.8 Å². The molecule has 0 heterocycles. The summed E-state index contributed by atoms with van der Waals surface area (Å²) in [6.45, 7) is 2.48. The second-order valence-corrected chi connectivity index (χ2v) is 8.51. The molecule has 1 rings (SSSR count). The number of benzene rings is 1. The highest BCUT2D eigenvalue weighted by atomic mass is 33.1. The fourth-order valence-electron chi connectivity index (χ4n) is 1.55. The molecule has 1 atom stereocenters. The number of hydrogen-bond donors (Lipinski definition) is 3. The van der Waals surface area contributed by atoms with Crippen LogP contribution in [0.25, 0.3) is 0 Å². The molecule has 23 heavy (non-hydrogen) atoms. The van der Waals surface area contributed by atoms with Crippen LogP contribution in [0.2, 0.25) is 0 Å². The summed E-state index contributed by atoms with van der Waals surface area (Å²) in [5.74, 6) is -2.49. The van der Waals surface area contributed by atoms with Gasteiger partial charge in [-0.25, -0.2) is 13.2 Å². The summed E-state index contributed by atoms with van der Waals surface area (Å²) < 4.78 is 24.3. The minimum atomic E-state index is -3.78. The predicted octanol–water partition coefficient (Wildman–Crippen LogP) is 0.656. The van der Waals surface area contributed by atoms with Gasteiger partial charge in [-0.05, 0) is 35.1 Å². The van der Waals surface area contributed by atoms with Crippen molar-refractivity contribution in [3.8, 4) is 0 Å². The number of carboxylic acids is 1. The van der Waals surface area contributed by atoms with Crippen molar-refractivity contribution >= 4 is 43.1 Å². The fourth-order valence-corrected chi connectivity index (χ4v) is 4.39. The molecule has 0 aliphatic heterocycles. The van der Waals surface area contributed by atoms with Crippen LogP contribution < -0.4 is 10.6 Å². The third kappa shape index (κ3) is 6.28. The molecular weight excluding hydrogens is 344 g/mol. The van der Waals surface area contributed by atoms with E-state index < -0.39 is 26.8 Å².